The van der Waals surface area contributed by atoms with Crippen LogP contribution < -0.4 is 10.6 Å². The van der Waals surface area contributed by atoms with Crippen LogP contribution in [0.5, 0.6) is 0 Å². The summed E-state index contributed by atoms with van der Waals surface area (Å²) in [6, 6.07) is 17.8. The first-order chi connectivity index (χ1) is 47.0. The first-order valence-electron chi connectivity index (χ1n) is 36.5. The average Bonchev–Trinajstić information content (AvgIpc) is 1.79. The molecule has 4 aromatic rings. The van der Waals surface area contributed by atoms with E-state index in [-0.39, 0.29) is 139 Å². The highest BCUT2D eigenvalue weighted by Gasteiger charge is 2.41. The molecule has 21 heteroatoms. The van der Waals surface area contributed by atoms with Crippen molar-refractivity contribution in [3.8, 4) is 0 Å². The fourth-order valence-corrected chi connectivity index (χ4v) is 15.2. The SMILES string of the molecule is CC[C@H](C)[C@H](CC(=O)[C@H]1CCCCN1C)C(=O)N(C)[C@H](C[C@@H](OC)c1nc(C(=O)N[C@@H](Cc2ccccc2)C(=O)CC(C)C)cs1)C(C)C.CC[C@H](C)[C@H](CC(=O)[C@H]1CCCCN1C)C(=O)N(COC(=O)CC(C)C)[C@H](C[C@@H](O)c1nc(C(=O)N[C@H](C)Cc2ccccc2)cs1)C(C)C. The number of rotatable bonds is 38. The minimum atomic E-state index is -1.07. The van der Waals surface area contributed by atoms with Crippen LogP contribution in [-0.4, -0.2) is 166 Å². The number of benzene rings is 2. The number of aliphatic hydroxyl groups is 1. The molecule has 6 rings (SSSR count). The fourth-order valence-electron chi connectivity index (χ4n) is 13.6. The zero-order valence-corrected chi connectivity index (χ0v) is 64.3. The van der Waals surface area contributed by atoms with Gasteiger partial charge in [-0.1, -0.05) is 169 Å². The number of ketones is 3. The Hall–Kier alpha value is -6.10. The molecule has 550 valence electrons. The van der Waals surface area contributed by atoms with Crippen molar-refractivity contribution < 1.29 is 52.9 Å². The maximum atomic E-state index is 14.6. The van der Waals surface area contributed by atoms with Gasteiger partial charge >= 0.3 is 5.97 Å². The van der Waals surface area contributed by atoms with Gasteiger partial charge in [0.15, 0.2) is 24.1 Å². The summed E-state index contributed by atoms with van der Waals surface area (Å²) in [4.78, 5) is 125. The van der Waals surface area contributed by atoms with Crippen molar-refractivity contribution in [1.82, 2.24) is 40.2 Å². The van der Waals surface area contributed by atoms with Crippen LogP contribution in [0, 0.1) is 47.3 Å². The van der Waals surface area contributed by atoms with E-state index < -0.39 is 48.0 Å². The molecule has 4 heterocycles. The van der Waals surface area contributed by atoms with Crippen molar-refractivity contribution in [3.63, 3.8) is 0 Å². The zero-order valence-electron chi connectivity index (χ0n) is 62.6. The molecule has 2 saturated heterocycles. The number of esters is 1. The number of nitrogens with zero attached hydrogens (tertiary/aromatic N) is 6. The van der Waals surface area contributed by atoms with E-state index in [0.29, 0.717) is 42.1 Å². The third-order valence-electron chi connectivity index (χ3n) is 20.1. The number of carbonyl (C=O) groups is 8. The van der Waals surface area contributed by atoms with Crippen LogP contribution in [0.1, 0.15) is 234 Å². The van der Waals surface area contributed by atoms with Crippen LogP contribution >= 0.6 is 22.7 Å². The third kappa shape index (κ3) is 26.0. The van der Waals surface area contributed by atoms with E-state index in [1.54, 1.807) is 22.8 Å². The molecule has 0 unspecified atom stereocenters. The molecule has 0 saturated carbocycles. The lowest BCUT2D eigenvalue weighted by Crippen LogP contribution is -2.50. The van der Waals surface area contributed by atoms with Gasteiger partial charge in [0.25, 0.3) is 11.8 Å². The van der Waals surface area contributed by atoms with Gasteiger partial charge in [-0.2, -0.15) is 0 Å². The molecule has 2 fully saturated rings. The Morgan fingerprint density at radius 3 is 1.56 bits per heavy atom. The number of likely N-dealkylation sites (N-methyl/N-ethyl adjacent to an activating group) is 2. The zero-order chi connectivity index (χ0) is 73.2. The van der Waals surface area contributed by atoms with Gasteiger partial charge in [0.1, 0.15) is 33.6 Å². The Labute approximate surface area is 600 Å². The predicted molar refractivity (Wildman–Crippen MR) is 394 cm³/mol. The number of Topliss-reactive ketones (excluding diaryl/α,β-unsaturated/α-hetero) is 3. The lowest BCUT2D eigenvalue weighted by Gasteiger charge is -2.39. The lowest BCUT2D eigenvalue weighted by atomic mass is 9.82. The van der Waals surface area contributed by atoms with E-state index in [0.717, 1.165) is 69.2 Å². The number of methoxy groups -OCH3 is 1. The number of amides is 4. The molecule has 3 N–H and O–H groups in total. The van der Waals surface area contributed by atoms with E-state index in [1.807, 2.05) is 149 Å². The molecule has 99 heavy (non-hydrogen) atoms. The Kier molecular flexibility index (Phi) is 35.2. The quantitative estimate of drug-likeness (QED) is 0.0279. The summed E-state index contributed by atoms with van der Waals surface area (Å²) in [6.07, 6.45) is 8.46. The Balaban J connectivity index is 0.000000357. The molecule has 0 radical (unpaired) electrons. The maximum absolute atomic E-state index is 14.6. The molecule has 2 aromatic heterocycles. The topological polar surface area (TPSA) is 238 Å². The number of piperidine rings is 2. The summed E-state index contributed by atoms with van der Waals surface area (Å²) in [6.45, 7) is 27.5. The van der Waals surface area contributed by atoms with Gasteiger partial charge in [0.05, 0.1) is 18.1 Å². The average molecular weight is 1410 g/mol. The van der Waals surface area contributed by atoms with Gasteiger partial charge in [-0.15, -0.1) is 22.7 Å². The molecule has 19 nitrogen and oxygen atoms in total. The maximum Gasteiger partial charge on any atom is 0.307 e. The monoisotopic (exact) mass is 1410 g/mol. The lowest BCUT2D eigenvalue weighted by molar-refractivity contribution is -0.161. The Bertz CT molecular complexity index is 3160. The Morgan fingerprint density at radius 1 is 0.606 bits per heavy atom. The summed E-state index contributed by atoms with van der Waals surface area (Å²) >= 11 is 2.53. The van der Waals surface area contributed by atoms with Crippen LogP contribution in [0.25, 0.3) is 0 Å². The minimum Gasteiger partial charge on any atom is -0.444 e. The van der Waals surface area contributed by atoms with Crippen molar-refractivity contribution in [1.29, 1.82) is 0 Å². The van der Waals surface area contributed by atoms with E-state index in [1.165, 1.54) is 22.7 Å². The van der Waals surface area contributed by atoms with Crippen molar-refractivity contribution in [3.05, 3.63) is 104 Å². The van der Waals surface area contributed by atoms with Gasteiger partial charge in [0, 0.05) is 93.4 Å². The predicted octanol–water partition coefficient (Wildman–Crippen LogP) is 13.2. The Morgan fingerprint density at radius 2 is 1.08 bits per heavy atom. The molecule has 12 atom stereocenters. The first kappa shape index (κ1) is 83.6. The third-order valence-corrected chi connectivity index (χ3v) is 21.9. The number of hydrogen-bond donors (Lipinski definition) is 3. The van der Waals surface area contributed by atoms with E-state index in [9.17, 15) is 43.5 Å². The number of ether oxygens (including phenoxy) is 2. The summed E-state index contributed by atoms with van der Waals surface area (Å²) in [5.41, 5.74) is 2.56. The van der Waals surface area contributed by atoms with E-state index >= 15 is 0 Å². The second-order valence-electron chi connectivity index (χ2n) is 29.6. The van der Waals surface area contributed by atoms with Gasteiger partial charge in [0.2, 0.25) is 11.8 Å². The fraction of sp³-hybridized carbons (Fsp3) is 0.667. The largest absolute Gasteiger partial charge is 0.444 e. The highest BCUT2D eigenvalue weighted by molar-refractivity contribution is 7.10. The molecule has 4 amide bonds. The molecule has 0 aliphatic carbocycles. The van der Waals surface area contributed by atoms with Crippen molar-refractivity contribution in [2.45, 2.75) is 241 Å². The van der Waals surface area contributed by atoms with E-state index in [2.05, 4.69) is 58.1 Å². The molecule has 2 aromatic carbocycles. The number of nitrogens with one attached hydrogen (secondary N) is 2. The van der Waals surface area contributed by atoms with Gasteiger partial charge in [-0.3, -0.25) is 48.2 Å². The molecule has 0 bridgehead atoms. The number of hydrogen-bond acceptors (Lipinski definition) is 17. The molecule has 2 aliphatic heterocycles. The summed E-state index contributed by atoms with van der Waals surface area (Å²) < 4.78 is 11.6. The van der Waals surface area contributed by atoms with Gasteiger partial charge in [-0.25, -0.2) is 9.97 Å². The summed E-state index contributed by atoms with van der Waals surface area (Å²) in [5, 5.41) is 21.8. The first-order valence-corrected chi connectivity index (χ1v) is 38.3. The van der Waals surface area contributed by atoms with Crippen molar-refractivity contribution >= 4 is 69.6 Å². The number of carbonyl (C=O) groups excluding carboxylic acids is 8. The van der Waals surface area contributed by atoms with Gasteiger partial charge < -0.3 is 35.0 Å². The molecular weight excluding hydrogens is 1290 g/mol. The van der Waals surface area contributed by atoms with Crippen LogP contribution in [0.3, 0.4) is 0 Å². The van der Waals surface area contributed by atoms with Crippen molar-refractivity contribution in [2.24, 2.45) is 47.3 Å². The molecular formula is C78H120N8O11S2. The smallest absolute Gasteiger partial charge is 0.307 e. The highest BCUT2D eigenvalue weighted by Crippen LogP contribution is 2.35. The summed E-state index contributed by atoms with van der Waals surface area (Å²) in [5.74, 6) is -1.92. The normalized spacial score (nSPS) is 18.4. The van der Waals surface area contributed by atoms with Gasteiger partial charge in [-0.05, 0) is 119 Å². The number of aromatic nitrogens is 2. The second kappa shape index (κ2) is 41.7. The van der Waals surface area contributed by atoms with Crippen molar-refractivity contribution in [2.75, 3.05) is 48.1 Å². The molecule has 2 aliphatic rings. The standard InChI is InChI=1S/C39H60N4O6S.C39H60N4O5S/c1-9-27(6)30(21-34(44)32-17-13-14-18-42(32)8)39(48)43(24-49-36(46)19-25(2)3)33(26(4)5)22-35(45)38-41-31(23-50-38)37(47)40-28(7)20-29-15-11-10-12-16-29;1-10-27(6)29(22-35(45)32-18-14-15-19-42(32)7)39(47)43(8)33(26(4)5)23-36(48-9)38-41-31(24-49-38)37(46)40-30(34(44)20-25(2)3)21-28-16-12-11-13-17-28/h10-12,15-16,23,25-28,30,32-33,35,45H,9,13-14,17-22,24H2,1-8H3,(H,40,47);11-13,16-17,24-27,29-30,32-33,36H,10,14-15,18-23H2,1-9H3,(H,40,46)/t27-,28+,30-,32+,33+,35+;27-,29-,30-,32+,33+,36+/m00/s1. The van der Waals surface area contributed by atoms with Crippen LogP contribution in [-0.2, 0) is 51.1 Å². The number of likely N-dealkylation sites (tertiary alicyclic amines) is 2. The number of thiazole rings is 2. The van der Waals surface area contributed by atoms with E-state index in [4.69, 9.17) is 9.47 Å². The van der Waals surface area contributed by atoms with Crippen LogP contribution in [0.2, 0.25) is 0 Å². The molecule has 0 spiro atoms. The summed E-state index contributed by atoms with van der Waals surface area (Å²) in [7, 11) is 7.44. The minimum absolute atomic E-state index is 0.00643. The number of aliphatic hydroxyl groups excluding tert-OH is 1. The van der Waals surface area contributed by atoms with Crippen LogP contribution in [0.4, 0.5) is 0 Å². The second-order valence-corrected chi connectivity index (χ2v) is 31.4. The van der Waals surface area contributed by atoms with Crippen LogP contribution in [0.15, 0.2) is 71.4 Å². The highest BCUT2D eigenvalue weighted by atomic mass is 32.1.